The van der Waals surface area contributed by atoms with Crippen LogP contribution in [0.1, 0.15) is 0 Å². The van der Waals surface area contributed by atoms with Gasteiger partial charge in [-0.2, -0.15) is 0 Å². The van der Waals surface area contributed by atoms with Gasteiger partial charge in [0, 0.05) is 6.54 Å². The molecule has 1 aliphatic heterocycles. The molecule has 0 bridgehead atoms. The predicted octanol–water partition coefficient (Wildman–Crippen LogP) is 2.80. The fraction of sp³-hybridized carbons (Fsp3) is 0.158. The van der Waals surface area contributed by atoms with E-state index >= 15 is 0 Å². The van der Waals surface area contributed by atoms with Crippen molar-refractivity contribution in [3.05, 3.63) is 55.3 Å². The van der Waals surface area contributed by atoms with Gasteiger partial charge in [-0.05, 0) is 24.3 Å². The van der Waals surface area contributed by atoms with Crippen molar-refractivity contribution in [1.29, 1.82) is 0 Å². The van der Waals surface area contributed by atoms with Crippen LogP contribution in [0.5, 0.6) is 0 Å². The van der Waals surface area contributed by atoms with Crippen LogP contribution in [0.4, 0.5) is 11.4 Å². The molecule has 0 radical (unpaired) electrons. The summed E-state index contributed by atoms with van der Waals surface area (Å²) < 4.78 is 7.24. The number of carbonyl (C=O) groups is 2. The van der Waals surface area contributed by atoms with Gasteiger partial charge in [-0.3, -0.25) is 14.2 Å². The lowest BCUT2D eigenvalue weighted by Gasteiger charge is -2.29. The summed E-state index contributed by atoms with van der Waals surface area (Å²) in [6, 6.07) is 10.8. The number of benzene rings is 1. The molecule has 0 saturated heterocycles. The van der Waals surface area contributed by atoms with Crippen LogP contribution in [0.15, 0.2) is 64.9 Å². The first-order valence-corrected chi connectivity index (χ1v) is 9.56. The molecule has 1 aliphatic rings. The predicted molar refractivity (Wildman–Crippen MR) is 106 cm³/mol. The van der Waals surface area contributed by atoms with Crippen molar-refractivity contribution in [1.82, 2.24) is 14.8 Å². The number of aromatic nitrogens is 3. The third-order valence-electron chi connectivity index (χ3n) is 4.17. The minimum Gasteiger partial charge on any atom is -0.461 e. The molecule has 4 rings (SSSR count). The van der Waals surface area contributed by atoms with E-state index in [-0.39, 0.29) is 24.1 Å². The first-order chi connectivity index (χ1) is 13.7. The Morgan fingerprint density at radius 1 is 1.29 bits per heavy atom. The number of rotatable bonds is 6. The molecule has 2 aromatic heterocycles. The van der Waals surface area contributed by atoms with E-state index in [4.69, 9.17) is 4.42 Å². The Bertz CT molecular complexity index is 1030. The summed E-state index contributed by atoms with van der Waals surface area (Å²) in [5.41, 5.74) is 1.32. The van der Waals surface area contributed by atoms with E-state index < -0.39 is 0 Å². The summed E-state index contributed by atoms with van der Waals surface area (Å²) in [6.07, 6.45) is 3.30. The van der Waals surface area contributed by atoms with E-state index in [1.807, 2.05) is 22.8 Å². The first-order valence-electron chi connectivity index (χ1n) is 8.57. The van der Waals surface area contributed by atoms with Crippen LogP contribution in [0.3, 0.4) is 0 Å². The van der Waals surface area contributed by atoms with Crippen LogP contribution in [-0.2, 0) is 16.1 Å². The summed E-state index contributed by atoms with van der Waals surface area (Å²) in [4.78, 5) is 26.2. The number of furan rings is 1. The minimum absolute atomic E-state index is 0.00655. The summed E-state index contributed by atoms with van der Waals surface area (Å²) in [6.45, 7) is 4.24. The highest BCUT2D eigenvalue weighted by Gasteiger charge is 2.27. The highest BCUT2D eigenvalue weighted by atomic mass is 32.2. The quantitative estimate of drug-likeness (QED) is 0.510. The average molecular weight is 395 g/mol. The molecule has 0 fully saturated rings. The Labute approximate surface area is 165 Å². The van der Waals surface area contributed by atoms with Crippen molar-refractivity contribution in [2.24, 2.45) is 0 Å². The Kier molecular flexibility index (Phi) is 4.98. The molecule has 3 heterocycles. The first kappa shape index (κ1) is 18.1. The Morgan fingerprint density at radius 3 is 2.93 bits per heavy atom. The maximum Gasteiger partial charge on any atom is 0.244 e. The maximum absolute atomic E-state index is 12.8. The van der Waals surface area contributed by atoms with Gasteiger partial charge >= 0.3 is 0 Å². The molecule has 9 heteroatoms. The molecule has 0 spiro atoms. The Balaban J connectivity index is 1.53. The second-order valence-electron chi connectivity index (χ2n) is 6.02. The number of nitrogens with zero attached hydrogens (tertiary/aromatic N) is 4. The molecule has 0 unspecified atom stereocenters. The van der Waals surface area contributed by atoms with Crippen molar-refractivity contribution >= 4 is 35.0 Å². The topological polar surface area (TPSA) is 93.3 Å². The third kappa shape index (κ3) is 3.44. The van der Waals surface area contributed by atoms with E-state index in [0.29, 0.717) is 34.7 Å². The number of hydrogen-bond acceptors (Lipinski definition) is 6. The molecule has 0 saturated carbocycles. The molecule has 2 amide bonds. The molecule has 0 atom stereocenters. The van der Waals surface area contributed by atoms with Gasteiger partial charge in [-0.25, -0.2) is 0 Å². The highest BCUT2D eigenvalue weighted by molar-refractivity contribution is 7.99. The molecule has 0 aliphatic carbocycles. The second-order valence-corrected chi connectivity index (χ2v) is 6.96. The molecular formula is C19H17N5O3S. The van der Waals surface area contributed by atoms with E-state index in [0.717, 1.165) is 0 Å². The number of fused-ring (bicyclic) bond motifs is 1. The largest absolute Gasteiger partial charge is 0.461 e. The fourth-order valence-electron chi connectivity index (χ4n) is 2.94. The third-order valence-corrected chi connectivity index (χ3v) is 5.12. The summed E-state index contributed by atoms with van der Waals surface area (Å²) in [5, 5.41) is 11.7. The second kappa shape index (κ2) is 7.73. The fourth-order valence-corrected chi connectivity index (χ4v) is 3.76. The monoisotopic (exact) mass is 395 g/mol. The van der Waals surface area contributed by atoms with Crippen molar-refractivity contribution in [2.75, 3.05) is 22.5 Å². The van der Waals surface area contributed by atoms with Crippen molar-refractivity contribution in [3.63, 3.8) is 0 Å². The van der Waals surface area contributed by atoms with Crippen molar-refractivity contribution in [3.8, 4) is 11.6 Å². The minimum atomic E-state index is -0.216. The zero-order chi connectivity index (χ0) is 19.5. The van der Waals surface area contributed by atoms with Crippen LogP contribution in [0.25, 0.3) is 11.6 Å². The zero-order valence-corrected chi connectivity index (χ0v) is 15.7. The van der Waals surface area contributed by atoms with E-state index in [2.05, 4.69) is 22.1 Å². The van der Waals surface area contributed by atoms with E-state index in [1.165, 1.54) is 16.7 Å². The Hall–Kier alpha value is -3.33. The smallest absolute Gasteiger partial charge is 0.244 e. The van der Waals surface area contributed by atoms with Crippen LogP contribution in [-0.4, -0.2) is 38.9 Å². The summed E-state index contributed by atoms with van der Waals surface area (Å²) >= 11 is 1.26. The number of para-hydroxylation sites is 2. The van der Waals surface area contributed by atoms with Crippen LogP contribution in [0.2, 0.25) is 0 Å². The lowest BCUT2D eigenvalue weighted by Crippen LogP contribution is -2.43. The van der Waals surface area contributed by atoms with Gasteiger partial charge in [0.15, 0.2) is 10.9 Å². The van der Waals surface area contributed by atoms with Gasteiger partial charge in [0.2, 0.25) is 17.6 Å². The number of nitrogens with one attached hydrogen (secondary N) is 1. The number of carbonyl (C=O) groups excluding carboxylic acids is 2. The molecule has 28 heavy (non-hydrogen) atoms. The molecular weight excluding hydrogens is 378 g/mol. The van der Waals surface area contributed by atoms with Crippen LogP contribution in [0, 0.1) is 0 Å². The maximum atomic E-state index is 12.8. The molecule has 142 valence electrons. The lowest BCUT2D eigenvalue weighted by atomic mass is 10.2. The van der Waals surface area contributed by atoms with E-state index in [9.17, 15) is 9.59 Å². The number of hydrogen-bond donors (Lipinski definition) is 1. The molecule has 8 nitrogen and oxygen atoms in total. The van der Waals surface area contributed by atoms with Gasteiger partial charge in [-0.1, -0.05) is 30.0 Å². The van der Waals surface area contributed by atoms with Gasteiger partial charge in [-0.15, -0.1) is 16.8 Å². The van der Waals surface area contributed by atoms with Crippen molar-refractivity contribution in [2.45, 2.75) is 11.7 Å². The summed E-state index contributed by atoms with van der Waals surface area (Å²) in [7, 11) is 0. The van der Waals surface area contributed by atoms with Gasteiger partial charge in [0.25, 0.3) is 0 Å². The van der Waals surface area contributed by atoms with Crippen LogP contribution >= 0.6 is 11.8 Å². The number of thioether (sulfide) groups is 1. The lowest BCUT2D eigenvalue weighted by molar-refractivity contribution is -0.120. The zero-order valence-electron chi connectivity index (χ0n) is 14.9. The van der Waals surface area contributed by atoms with Crippen LogP contribution < -0.4 is 10.2 Å². The highest BCUT2D eigenvalue weighted by Crippen LogP contribution is 2.30. The average Bonchev–Trinajstić information content (AvgIpc) is 3.35. The summed E-state index contributed by atoms with van der Waals surface area (Å²) in [5.74, 6) is 0.887. The number of allylic oxidation sites excluding steroid dienone is 1. The van der Waals surface area contributed by atoms with Gasteiger partial charge in [0.1, 0.15) is 6.54 Å². The standard InChI is InChI=1S/C19H17N5O3S/c1-2-9-23-18(15-8-5-10-27-15)21-22-19(23)28-12-17(26)24-11-16(25)20-13-6-3-4-7-14(13)24/h2-8,10H,1,9,11-12H2,(H,20,25). The molecule has 1 aromatic carbocycles. The SMILES string of the molecule is C=CCn1c(SCC(=O)N2CC(=O)Nc3ccccc32)nnc1-c1ccco1. The van der Waals surface area contributed by atoms with Crippen molar-refractivity contribution < 1.29 is 14.0 Å². The Morgan fingerprint density at radius 2 is 2.14 bits per heavy atom. The normalized spacial score (nSPS) is 13.1. The molecule has 3 aromatic rings. The van der Waals surface area contributed by atoms with Gasteiger partial charge < -0.3 is 14.6 Å². The molecule has 1 N–H and O–H groups in total. The number of anilines is 2. The van der Waals surface area contributed by atoms with E-state index in [1.54, 1.807) is 30.5 Å². The van der Waals surface area contributed by atoms with Gasteiger partial charge in [0.05, 0.1) is 23.4 Å². The number of amides is 2.